The Kier molecular flexibility index (Phi) is 7.05. The van der Waals surface area contributed by atoms with E-state index in [-0.39, 0.29) is 24.0 Å². The van der Waals surface area contributed by atoms with Gasteiger partial charge < -0.3 is 25.2 Å². The quantitative estimate of drug-likeness (QED) is 0.578. The standard InChI is InChI=1S/C29H39N7O3/c1-4-22-28(38)35(3)23-17-30-29(33-26(23)36(22)18-9-5-6-10-18)31-21-13-12-20(19-14-16-39-25(19)21)27(37)32-24-11-7-8-15-34(24)2/h12-13,17-18,22,24H,4-11,14-16H2,1-3H3,(H,32,37)(H,30,31,33)/t22-,24?/m1/s1. The smallest absolute Gasteiger partial charge is 0.252 e. The summed E-state index contributed by atoms with van der Waals surface area (Å²) in [6.07, 6.45) is 11.0. The van der Waals surface area contributed by atoms with E-state index in [4.69, 9.17) is 9.72 Å². The summed E-state index contributed by atoms with van der Waals surface area (Å²) in [5.74, 6) is 1.98. The molecule has 1 aromatic heterocycles. The number of nitrogens with one attached hydrogen (secondary N) is 2. The van der Waals surface area contributed by atoms with Gasteiger partial charge in [0, 0.05) is 30.6 Å². The predicted molar refractivity (Wildman–Crippen MR) is 151 cm³/mol. The van der Waals surface area contributed by atoms with Crippen molar-refractivity contribution < 1.29 is 14.3 Å². The first-order valence-corrected chi connectivity index (χ1v) is 14.5. The number of carbonyl (C=O) groups excluding carboxylic acids is 2. The van der Waals surface area contributed by atoms with Crippen LogP contribution in [-0.4, -0.2) is 72.2 Å². The molecule has 6 rings (SSSR count). The number of amides is 2. The van der Waals surface area contributed by atoms with Crippen molar-refractivity contribution in [2.45, 2.75) is 83.0 Å². The first kappa shape index (κ1) is 25.9. The summed E-state index contributed by atoms with van der Waals surface area (Å²) >= 11 is 0. The average molecular weight is 534 g/mol. The number of hydrogen-bond acceptors (Lipinski definition) is 8. The van der Waals surface area contributed by atoms with E-state index in [2.05, 4.69) is 39.4 Å². The Hall–Kier alpha value is -3.40. The van der Waals surface area contributed by atoms with Crippen LogP contribution in [0.15, 0.2) is 18.3 Å². The van der Waals surface area contributed by atoms with Crippen LogP contribution >= 0.6 is 0 Å². The summed E-state index contributed by atoms with van der Waals surface area (Å²) < 4.78 is 6.01. The fraction of sp³-hybridized carbons (Fsp3) is 0.586. The molecule has 4 heterocycles. The Balaban J connectivity index is 1.28. The van der Waals surface area contributed by atoms with Crippen molar-refractivity contribution in [3.8, 4) is 5.75 Å². The Morgan fingerprint density at radius 1 is 1.13 bits per heavy atom. The van der Waals surface area contributed by atoms with Crippen molar-refractivity contribution >= 4 is 35.0 Å². The van der Waals surface area contributed by atoms with Crippen LogP contribution in [0, 0.1) is 0 Å². The third-order valence-corrected chi connectivity index (χ3v) is 8.83. The number of likely N-dealkylation sites (N-methyl/N-ethyl adjacent to an activating group) is 1. The second kappa shape index (κ2) is 10.6. The summed E-state index contributed by atoms with van der Waals surface area (Å²) in [5.41, 5.74) is 3.06. The number of benzene rings is 1. The Morgan fingerprint density at radius 2 is 1.92 bits per heavy atom. The molecule has 1 saturated heterocycles. The van der Waals surface area contributed by atoms with Gasteiger partial charge in [-0.15, -0.1) is 0 Å². The van der Waals surface area contributed by atoms with Gasteiger partial charge in [-0.1, -0.05) is 19.8 Å². The number of nitrogens with zero attached hydrogens (tertiary/aromatic N) is 5. The molecule has 10 heteroatoms. The molecule has 1 aromatic carbocycles. The van der Waals surface area contributed by atoms with Crippen LogP contribution in [0.2, 0.25) is 0 Å². The summed E-state index contributed by atoms with van der Waals surface area (Å²) in [6.45, 7) is 3.59. The minimum absolute atomic E-state index is 0.0578. The van der Waals surface area contributed by atoms with Gasteiger partial charge in [-0.2, -0.15) is 4.98 Å². The molecule has 0 bridgehead atoms. The third-order valence-electron chi connectivity index (χ3n) is 8.83. The Labute approximate surface area is 230 Å². The van der Waals surface area contributed by atoms with E-state index in [0.717, 1.165) is 61.4 Å². The highest BCUT2D eigenvalue weighted by Crippen LogP contribution is 2.41. The van der Waals surface area contributed by atoms with E-state index in [0.29, 0.717) is 36.3 Å². The lowest BCUT2D eigenvalue weighted by Gasteiger charge is -2.43. The van der Waals surface area contributed by atoms with E-state index in [1.807, 2.05) is 19.2 Å². The van der Waals surface area contributed by atoms with Gasteiger partial charge in [-0.25, -0.2) is 4.98 Å². The van der Waals surface area contributed by atoms with Gasteiger partial charge in [0.1, 0.15) is 17.5 Å². The van der Waals surface area contributed by atoms with Gasteiger partial charge in [-0.3, -0.25) is 14.5 Å². The fourth-order valence-corrected chi connectivity index (χ4v) is 6.66. The fourth-order valence-electron chi connectivity index (χ4n) is 6.66. The molecular formula is C29H39N7O3. The summed E-state index contributed by atoms with van der Waals surface area (Å²) in [6, 6.07) is 3.84. The molecule has 0 spiro atoms. The third kappa shape index (κ3) is 4.68. The van der Waals surface area contributed by atoms with E-state index in [1.54, 1.807) is 11.1 Å². The van der Waals surface area contributed by atoms with Crippen LogP contribution < -0.4 is 25.2 Å². The zero-order valence-electron chi connectivity index (χ0n) is 23.2. The number of ether oxygens (including phenoxy) is 1. The zero-order chi connectivity index (χ0) is 27.1. The number of aromatic nitrogens is 2. The molecular weight excluding hydrogens is 494 g/mol. The lowest BCUT2D eigenvalue weighted by Crippen LogP contribution is -2.55. The molecule has 0 radical (unpaired) electrons. The van der Waals surface area contributed by atoms with Crippen molar-refractivity contribution in [3.05, 3.63) is 29.5 Å². The predicted octanol–water partition coefficient (Wildman–Crippen LogP) is 3.83. The van der Waals surface area contributed by atoms with Crippen molar-refractivity contribution in [3.63, 3.8) is 0 Å². The number of rotatable bonds is 6. The number of hydrogen-bond donors (Lipinski definition) is 2. The molecule has 10 nitrogen and oxygen atoms in total. The molecule has 1 unspecified atom stereocenters. The van der Waals surface area contributed by atoms with E-state index >= 15 is 0 Å². The van der Waals surface area contributed by atoms with Crippen LogP contribution in [0.25, 0.3) is 0 Å². The van der Waals surface area contributed by atoms with Crippen molar-refractivity contribution in [1.29, 1.82) is 0 Å². The molecule has 39 heavy (non-hydrogen) atoms. The highest BCUT2D eigenvalue weighted by molar-refractivity contribution is 6.04. The van der Waals surface area contributed by atoms with Gasteiger partial charge in [0.2, 0.25) is 11.9 Å². The molecule has 208 valence electrons. The van der Waals surface area contributed by atoms with Gasteiger partial charge >= 0.3 is 0 Å². The van der Waals surface area contributed by atoms with Gasteiger partial charge in [0.15, 0.2) is 5.82 Å². The first-order chi connectivity index (χ1) is 19.0. The van der Waals surface area contributed by atoms with Crippen molar-refractivity contribution in [1.82, 2.24) is 20.2 Å². The maximum atomic E-state index is 13.3. The average Bonchev–Trinajstić information content (AvgIpc) is 3.65. The molecule has 4 aliphatic rings. The van der Waals surface area contributed by atoms with Crippen LogP contribution in [0.5, 0.6) is 5.75 Å². The van der Waals surface area contributed by atoms with Crippen LogP contribution in [-0.2, 0) is 11.2 Å². The highest BCUT2D eigenvalue weighted by Gasteiger charge is 2.41. The maximum absolute atomic E-state index is 13.3. The molecule has 3 aliphatic heterocycles. The highest BCUT2D eigenvalue weighted by atomic mass is 16.5. The minimum Gasteiger partial charge on any atom is -0.491 e. The topological polar surface area (TPSA) is 103 Å². The Bertz CT molecular complexity index is 1260. The van der Waals surface area contributed by atoms with Gasteiger partial charge in [-0.05, 0) is 64.3 Å². The first-order valence-electron chi connectivity index (χ1n) is 14.5. The van der Waals surface area contributed by atoms with Gasteiger partial charge in [0.05, 0.1) is 24.7 Å². The number of piperidine rings is 1. The number of anilines is 4. The van der Waals surface area contributed by atoms with Crippen molar-refractivity contribution in [2.75, 3.05) is 42.4 Å². The molecule has 1 saturated carbocycles. The van der Waals surface area contributed by atoms with E-state index < -0.39 is 0 Å². The second-order valence-electron chi connectivity index (χ2n) is 11.2. The monoisotopic (exact) mass is 533 g/mol. The lowest BCUT2D eigenvalue weighted by atomic mass is 10.0. The van der Waals surface area contributed by atoms with Crippen LogP contribution in [0.3, 0.4) is 0 Å². The SMILES string of the molecule is CC[C@@H]1C(=O)N(C)c2cnc(Nc3ccc(C(=O)NC4CCCCN4C)c4c3OCC4)nc2N1C1CCCC1. The zero-order valence-corrected chi connectivity index (χ0v) is 23.2. The van der Waals surface area contributed by atoms with Gasteiger partial charge in [0.25, 0.3) is 5.91 Å². The van der Waals surface area contributed by atoms with Crippen LogP contribution in [0.4, 0.5) is 23.1 Å². The normalized spacial score (nSPS) is 23.4. The number of carbonyl (C=O) groups is 2. The Morgan fingerprint density at radius 3 is 2.69 bits per heavy atom. The maximum Gasteiger partial charge on any atom is 0.252 e. The molecule has 2 amide bonds. The van der Waals surface area contributed by atoms with Crippen molar-refractivity contribution in [2.24, 2.45) is 0 Å². The molecule has 2 fully saturated rings. The van der Waals surface area contributed by atoms with E-state index in [9.17, 15) is 9.59 Å². The van der Waals surface area contributed by atoms with E-state index in [1.165, 1.54) is 19.3 Å². The number of likely N-dealkylation sites (tertiary alicyclic amines) is 1. The summed E-state index contributed by atoms with van der Waals surface area (Å²) in [4.78, 5) is 42.1. The minimum atomic E-state index is -0.220. The summed E-state index contributed by atoms with van der Waals surface area (Å²) in [7, 11) is 3.87. The lowest BCUT2D eigenvalue weighted by molar-refractivity contribution is -0.120. The second-order valence-corrected chi connectivity index (χ2v) is 11.2. The largest absolute Gasteiger partial charge is 0.491 e. The molecule has 2 atom stereocenters. The number of fused-ring (bicyclic) bond motifs is 2. The van der Waals surface area contributed by atoms with Crippen LogP contribution in [0.1, 0.15) is 74.2 Å². The molecule has 2 aromatic rings. The molecule has 1 aliphatic carbocycles. The summed E-state index contributed by atoms with van der Waals surface area (Å²) in [5, 5.41) is 6.58. The molecule has 2 N–H and O–H groups in total.